The van der Waals surface area contributed by atoms with Gasteiger partial charge in [-0.3, -0.25) is 0 Å². The fourth-order valence-electron chi connectivity index (χ4n) is 1.99. The Bertz CT molecular complexity index is 641. The van der Waals surface area contributed by atoms with Crippen molar-refractivity contribution >= 4 is 21.5 Å². The first-order valence-corrected chi connectivity index (χ1v) is 4.95. The lowest BCUT2D eigenvalue weighted by molar-refractivity contribution is 0.476. The largest absolute Gasteiger partial charge is 0.508 e. The summed E-state index contributed by atoms with van der Waals surface area (Å²) in [5.41, 5.74) is 0. The molecule has 1 nitrogen and oxygen atoms in total. The van der Waals surface area contributed by atoms with Crippen LogP contribution in [0.3, 0.4) is 0 Å². The van der Waals surface area contributed by atoms with Gasteiger partial charge >= 0.3 is 0 Å². The molecule has 3 aromatic carbocycles. The molecule has 0 aliphatic rings. The molecule has 0 aromatic heterocycles. The highest BCUT2D eigenvalue weighted by Gasteiger charge is 2.00. The SMILES string of the molecule is Oc1ccc2ccc3ccccc3c2c1. The number of aromatic hydroxyl groups is 1. The fourth-order valence-corrected chi connectivity index (χ4v) is 1.99. The highest BCUT2D eigenvalue weighted by Crippen LogP contribution is 2.27. The average molecular weight is 194 g/mol. The second kappa shape index (κ2) is 2.99. The lowest BCUT2D eigenvalue weighted by Gasteiger charge is -2.03. The number of hydrogen-bond donors (Lipinski definition) is 1. The predicted octanol–water partition coefficient (Wildman–Crippen LogP) is 3.70. The van der Waals surface area contributed by atoms with Crippen molar-refractivity contribution < 1.29 is 5.11 Å². The Morgan fingerprint density at radius 1 is 0.667 bits per heavy atom. The molecule has 1 heteroatoms. The number of phenolic OH excluding ortho intramolecular Hbond substituents is 1. The van der Waals surface area contributed by atoms with E-state index in [1.54, 1.807) is 6.07 Å². The molecule has 0 aliphatic carbocycles. The van der Waals surface area contributed by atoms with Crippen LogP contribution in [0, 0.1) is 0 Å². The number of hydrogen-bond acceptors (Lipinski definition) is 1. The van der Waals surface area contributed by atoms with E-state index in [1.165, 1.54) is 10.8 Å². The van der Waals surface area contributed by atoms with Crippen LogP contribution in [0.1, 0.15) is 0 Å². The second-order valence-electron chi connectivity index (χ2n) is 3.69. The standard InChI is InChI=1S/C14H10O/c15-12-8-7-11-6-5-10-3-1-2-4-13(10)14(11)9-12/h1-9,15H. The Kier molecular flexibility index (Phi) is 1.65. The monoisotopic (exact) mass is 194 g/mol. The van der Waals surface area contributed by atoms with E-state index in [4.69, 9.17) is 0 Å². The molecular weight excluding hydrogens is 184 g/mol. The highest BCUT2D eigenvalue weighted by atomic mass is 16.3. The topological polar surface area (TPSA) is 20.2 Å². The minimum absolute atomic E-state index is 0.318. The first kappa shape index (κ1) is 8.30. The molecule has 15 heavy (non-hydrogen) atoms. The maximum absolute atomic E-state index is 9.49. The summed E-state index contributed by atoms with van der Waals surface area (Å²) in [6.07, 6.45) is 0. The third-order valence-electron chi connectivity index (χ3n) is 2.73. The van der Waals surface area contributed by atoms with Crippen molar-refractivity contribution in [3.63, 3.8) is 0 Å². The van der Waals surface area contributed by atoms with E-state index in [1.807, 2.05) is 24.3 Å². The summed E-state index contributed by atoms with van der Waals surface area (Å²) in [5.74, 6) is 0.318. The molecule has 0 bridgehead atoms. The van der Waals surface area contributed by atoms with E-state index < -0.39 is 0 Å². The number of phenols is 1. The summed E-state index contributed by atoms with van der Waals surface area (Å²) in [7, 11) is 0. The minimum Gasteiger partial charge on any atom is -0.508 e. The molecule has 72 valence electrons. The van der Waals surface area contributed by atoms with Crippen LogP contribution < -0.4 is 0 Å². The van der Waals surface area contributed by atoms with E-state index in [-0.39, 0.29) is 0 Å². The molecule has 0 spiro atoms. The number of fused-ring (bicyclic) bond motifs is 3. The average Bonchev–Trinajstić information content (AvgIpc) is 2.29. The minimum atomic E-state index is 0.318. The zero-order chi connectivity index (χ0) is 10.3. The van der Waals surface area contributed by atoms with Gasteiger partial charge in [-0.05, 0) is 33.7 Å². The van der Waals surface area contributed by atoms with Gasteiger partial charge in [0.15, 0.2) is 0 Å². The van der Waals surface area contributed by atoms with Gasteiger partial charge in [0.2, 0.25) is 0 Å². The van der Waals surface area contributed by atoms with Gasteiger partial charge in [-0.25, -0.2) is 0 Å². The Hall–Kier alpha value is -2.02. The highest BCUT2D eigenvalue weighted by molar-refractivity contribution is 6.07. The summed E-state index contributed by atoms with van der Waals surface area (Å²) < 4.78 is 0. The Morgan fingerprint density at radius 2 is 1.33 bits per heavy atom. The van der Waals surface area contributed by atoms with Crippen LogP contribution in [0.5, 0.6) is 5.75 Å². The molecule has 0 radical (unpaired) electrons. The van der Waals surface area contributed by atoms with Gasteiger partial charge in [0.25, 0.3) is 0 Å². The quantitative estimate of drug-likeness (QED) is 0.541. The van der Waals surface area contributed by atoms with Gasteiger partial charge in [0.1, 0.15) is 5.75 Å². The van der Waals surface area contributed by atoms with Gasteiger partial charge < -0.3 is 5.11 Å². The Morgan fingerprint density at radius 3 is 2.20 bits per heavy atom. The fraction of sp³-hybridized carbons (Fsp3) is 0. The molecule has 0 aliphatic heterocycles. The van der Waals surface area contributed by atoms with Crippen LogP contribution in [0.2, 0.25) is 0 Å². The van der Waals surface area contributed by atoms with Crippen molar-refractivity contribution in [1.29, 1.82) is 0 Å². The zero-order valence-corrected chi connectivity index (χ0v) is 8.14. The van der Waals surface area contributed by atoms with E-state index in [0.29, 0.717) is 5.75 Å². The third kappa shape index (κ3) is 1.24. The normalized spacial score (nSPS) is 10.9. The molecule has 0 atom stereocenters. The van der Waals surface area contributed by atoms with Crippen molar-refractivity contribution in [3.05, 3.63) is 54.6 Å². The van der Waals surface area contributed by atoms with Gasteiger partial charge in [-0.2, -0.15) is 0 Å². The second-order valence-corrected chi connectivity index (χ2v) is 3.69. The van der Waals surface area contributed by atoms with Crippen molar-refractivity contribution in [2.45, 2.75) is 0 Å². The van der Waals surface area contributed by atoms with Crippen molar-refractivity contribution in [2.24, 2.45) is 0 Å². The molecular formula is C14H10O. The van der Waals surface area contributed by atoms with E-state index >= 15 is 0 Å². The van der Waals surface area contributed by atoms with E-state index in [2.05, 4.69) is 24.3 Å². The summed E-state index contributed by atoms with van der Waals surface area (Å²) in [4.78, 5) is 0. The molecule has 0 amide bonds. The van der Waals surface area contributed by atoms with Gasteiger partial charge in [-0.15, -0.1) is 0 Å². The first-order chi connectivity index (χ1) is 7.34. The first-order valence-electron chi connectivity index (χ1n) is 4.95. The maximum Gasteiger partial charge on any atom is 0.116 e. The van der Waals surface area contributed by atoms with E-state index in [0.717, 1.165) is 10.8 Å². The van der Waals surface area contributed by atoms with Crippen LogP contribution in [0.15, 0.2) is 54.6 Å². The molecule has 3 aromatic rings. The maximum atomic E-state index is 9.49. The molecule has 0 saturated carbocycles. The summed E-state index contributed by atoms with van der Waals surface area (Å²) in [6.45, 7) is 0. The molecule has 3 rings (SSSR count). The molecule has 0 heterocycles. The molecule has 0 saturated heterocycles. The summed E-state index contributed by atoms with van der Waals surface area (Å²) >= 11 is 0. The molecule has 0 unspecified atom stereocenters. The van der Waals surface area contributed by atoms with Crippen LogP contribution >= 0.6 is 0 Å². The van der Waals surface area contributed by atoms with Crippen LogP contribution in [-0.4, -0.2) is 5.11 Å². The van der Waals surface area contributed by atoms with E-state index in [9.17, 15) is 5.11 Å². The lowest BCUT2D eigenvalue weighted by atomic mass is 10.0. The summed E-state index contributed by atoms with van der Waals surface area (Å²) in [5, 5.41) is 14.1. The van der Waals surface area contributed by atoms with Crippen molar-refractivity contribution in [3.8, 4) is 5.75 Å². The van der Waals surface area contributed by atoms with Crippen LogP contribution in [-0.2, 0) is 0 Å². The zero-order valence-electron chi connectivity index (χ0n) is 8.14. The predicted molar refractivity (Wildman–Crippen MR) is 63.1 cm³/mol. The Balaban J connectivity index is 2.57. The smallest absolute Gasteiger partial charge is 0.116 e. The van der Waals surface area contributed by atoms with Crippen LogP contribution in [0.4, 0.5) is 0 Å². The lowest BCUT2D eigenvalue weighted by Crippen LogP contribution is -1.76. The number of benzene rings is 3. The molecule has 1 N–H and O–H groups in total. The summed E-state index contributed by atoms with van der Waals surface area (Å²) in [6, 6.07) is 17.9. The van der Waals surface area contributed by atoms with Gasteiger partial charge in [0, 0.05) is 0 Å². The van der Waals surface area contributed by atoms with Gasteiger partial charge in [0.05, 0.1) is 0 Å². The van der Waals surface area contributed by atoms with Gasteiger partial charge in [-0.1, -0.05) is 42.5 Å². The van der Waals surface area contributed by atoms with Crippen molar-refractivity contribution in [1.82, 2.24) is 0 Å². The third-order valence-corrected chi connectivity index (χ3v) is 2.73. The Labute approximate surface area is 87.6 Å². The molecule has 0 fully saturated rings. The van der Waals surface area contributed by atoms with Crippen LogP contribution in [0.25, 0.3) is 21.5 Å². The number of rotatable bonds is 0. The van der Waals surface area contributed by atoms with Crippen molar-refractivity contribution in [2.75, 3.05) is 0 Å².